The summed E-state index contributed by atoms with van der Waals surface area (Å²) in [7, 11) is 0. The van der Waals surface area contributed by atoms with Gasteiger partial charge in [-0.3, -0.25) is 4.98 Å². The Labute approximate surface area is 116 Å². The first-order valence-corrected chi connectivity index (χ1v) is 6.42. The minimum absolute atomic E-state index is 0.267. The molecule has 0 aliphatic rings. The van der Waals surface area contributed by atoms with Gasteiger partial charge in [0.15, 0.2) is 0 Å². The quantitative estimate of drug-likeness (QED) is 0.769. The molecular weight excluding hydrogens is 253 g/mol. The molecule has 3 aromatic rings. The van der Waals surface area contributed by atoms with Gasteiger partial charge < -0.3 is 5.11 Å². The predicted molar refractivity (Wildman–Crippen MR) is 76.8 cm³/mol. The molecule has 0 fully saturated rings. The van der Waals surface area contributed by atoms with Crippen LogP contribution in [0.5, 0.6) is 0 Å². The maximum atomic E-state index is 13.9. The molecule has 1 aromatic heterocycles. The van der Waals surface area contributed by atoms with Crippen molar-refractivity contribution in [1.29, 1.82) is 0 Å². The summed E-state index contributed by atoms with van der Waals surface area (Å²) in [6.07, 6.45) is 1.72. The zero-order valence-corrected chi connectivity index (χ0v) is 11.0. The van der Waals surface area contributed by atoms with Crippen molar-refractivity contribution in [3.63, 3.8) is 0 Å². The number of hydrogen-bond donors (Lipinski definition) is 1. The molecule has 0 radical (unpaired) electrons. The van der Waals surface area contributed by atoms with Crippen LogP contribution in [0.15, 0.2) is 60.8 Å². The Bertz CT molecular complexity index is 768. The van der Waals surface area contributed by atoms with Gasteiger partial charge in [-0.05, 0) is 36.8 Å². The number of rotatable bonds is 2. The highest BCUT2D eigenvalue weighted by molar-refractivity contribution is 5.79. The van der Waals surface area contributed by atoms with E-state index in [0.717, 1.165) is 10.9 Å². The highest BCUT2D eigenvalue weighted by Gasteiger charge is 2.28. The first-order valence-electron chi connectivity index (χ1n) is 6.42. The van der Waals surface area contributed by atoms with Crippen molar-refractivity contribution in [3.8, 4) is 0 Å². The second-order valence-electron chi connectivity index (χ2n) is 4.96. The lowest BCUT2D eigenvalue weighted by molar-refractivity contribution is 0.0981. The van der Waals surface area contributed by atoms with Gasteiger partial charge in [-0.15, -0.1) is 0 Å². The average Bonchev–Trinajstić information content (AvgIpc) is 2.47. The van der Waals surface area contributed by atoms with E-state index in [1.807, 2.05) is 24.3 Å². The van der Waals surface area contributed by atoms with Crippen LogP contribution in [0.1, 0.15) is 18.1 Å². The van der Waals surface area contributed by atoms with Gasteiger partial charge in [0, 0.05) is 17.1 Å². The minimum atomic E-state index is -1.38. The highest BCUT2D eigenvalue weighted by atomic mass is 19.1. The van der Waals surface area contributed by atoms with Crippen LogP contribution in [0.25, 0.3) is 10.9 Å². The van der Waals surface area contributed by atoms with Crippen LogP contribution in [0.3, 0.4) is 0 Å². The van der Waals surface area contributed by atoms with Crippen molar-refractivity contribution < 1.29 is 9.50 Å². The lowest BCUT2D eigenvalue weighted by atomic mass is 9.87. The van der Waals surface area contributed by atoms with Crippen LogP contribution in [0.4, 0.5) is 4.39 Å². The molecule has 0 spiro atoms. The van der Waals surface area contributed by atoms with Gasteiger partial charge in [0.25, 0.3) is 0 Å². The molecule has 0 saturated carbocycles. The summed E-state index contributed by atoms with van der Waals surface area (Å²) >= 11 is 0. The van der Waals surface area contributed by atoms with Crippen LogP contribution in [-0.4, -0.2) is 10.1 Å². The number of aromatic nitrogens is 1. The number of benzene rings is 2. The monoisotopic (exact) mass is 267 g/mol. The van der Waals surface area contributed by atoms with E-state index >= 15 is 0 Å². The Kier molecular flexibility index (Phi) is 2.99. The number of fused-ring (bicyclic) bond motifs is 1. The third-order valence-corrected chi connectivity index (χ3v) is 3.56. The number of aliphatic hydroxyl groups is 1. The number of nitrogens with zero attached hydrogens (tertiary/aromatic N) is 1. The third kappa shape index (κ3) is 2.06. The summed E-state index contributed by atoms with van der Waals surface area (Å²) in [5.74, 6) is -0.413. The zero-order chi connectivity index (χ0) is 14.2. The van der Waals surface area contributed by atoms with E-state index in [2.05, 4.69) is 4.98 Å². The molecule has 0 aliphatic heterocycles. The molecule has 3 rings (SSSR count). The number of halogens is 1. The normalized spacial score (nSPS) is 14.2. The van der Waals surface area contributed by atoms with E-state index in [4.69, 9.17) is 0 Å². The van der Waals surface area contributed by atoms with Gasteiger partial charge in [-0.25, -0.2) is 4.39 Å². The molecule has 2 nitrogen and oxygen atoms in total. The van der Waals surface area contributed by atoms with E-state index in [-0.39, 0.29) is 5.56 Å². The van der Waals surface area contributed by atoms with Crippen molar-refractivity contribution in [2.75, 3.05) is 0 Å². The molecule has 1 atom stereocenters. The second-order valence-corrected chi connectivity index (χ2v) is 4.96. The Hall–Kier alpha value is -2.26. The minimum Gasteiger partial charge on any atom is -0.381 e. The van der Waals surface area contributed by atoms with Crippen LogP contribution in [0.2, 0.25) is 0 Å². The molecule has 100 valence electrons. The first-order chi connectivity index (χ1) is 9.59. The lowest BCUT2D eigenvalue weighted by Crippen LogP contribution is -2.24. The van der Waals surface area contributed by atoms with E-state index in [1.54, 1.807) is 37.4 Å². The van der Waals surface area contributed by atoms with Crippen molar-refractivity contribution in [2.45, 2.75) is 12.5 Å². The van der Waals surface area contributed by atoms with Crippen molar-refractivity contribution >= 4 is 10.9 Å². The van der Waals surface area contributed by atoms with Gasteiger partial charge in [0.1, 0.15) is 11.4 Å². The predicted octanol–water partition coefficient (Wildman–Crippen LogP) is 3.63. The molecular formula is C17H14FNO. The summed E-state index contributed by atoms with van der Waals surface area (Å²) in [6, 6.07) is 15.5. The topological polar surface area (TPSA) is 33.1 Å². The lowest BCUT2D eigenvalue weighted by Gasteiger charge is -2.25. The molecule has 1 heterocycles. The molecule has 1 unspecified atom stereocenters. The maximum Gasteiger partial charge on any atom is 0.129 e. The van der Waals surface area contributed by atoms with E-state index in [1.165, 1.54) is 6.07 Å². The Morgan fingerprint density at radius 1 is 1.05 bits per heavy atom. The second kappa shape index (κ2) is 4.69. The fourth-order valence-electron chi connectivity index (χ4n) is 2.39. The van der Waals surface area contributed by atoms with Crippen LogP contribution < -0.4 is 0 Å². The van der Waals surface area contributed by atoms with Crippen LogP contribution in [0, 0.1) is 5.82 Å². The summed E-state index contributed by atoms with van der Waals surface area (Å²) in [5.41, 5.74) is 0.377. The summed E-state index contributed by atoms with van der Waals surface area (Å²) < 4.78 is 13.9. The Morgan fingerprint density at radius 2 is 1.85 bits per heavy atom. The van der Waals surface area contributed by atoms with Crippen molar-refractivity contribution in [3.05, 3.63) is 77.7 Å². The molecule has 0 aliphatic carbocycles. The summed E-state index contributed by atoms with van der Waals surface area (Å²) in [5, 5.41) is 11.7. The summed E-state index contributed by atoms with van der Waals surface area (Å²) in [4.78, 5) is 4.24. The average molecular weight is 267 g/mol. The molecule has 2 aromatic carbocycles. The number of hydrogen-bond acceptors (Lipinski definition) is 2. The molecule has 3 heteroatoms. The first kappa shape index (κ1) is 12.8. The van der Waals surface area contributed by atoms with Crippen molar-refractivity contribution in [2.24, 2.45) is 0 Å². The van der Waals surface area contributed by atoms with E-state index in [0.29, 0.717) is 5.56 Å². The van der Waals surface area contributed by atoms with Gasteiger partial charge in [0.2, 0.25) is 0 Å². The standard InChI is InChI=1S/C17H14FNO/c1-17(20,14-6-2-3-7-15(14)18)13-8-9-16-12(11-13)5-4-10-19-16/h2-11,20H,1H3. The Morgan fingerprint density at radius 3 is 2.65 bits per heavy atom. The highest BCUT2D eigenvalue weighted by Crippen LogP contribution is 2.32. The van der Waals surface area contributed by atoms with Gasteiger partial charge in [0.05, 0.1) is 5.52 Å². The van der Waals surface area contributed by atoms with E-state index < -0.39 is 11.4 Å². The third-order valence-electron chi connectivity index (χ3n) is 3.56. The van der Waals surface area contributed by atoms with Gasteiger partial charge >= 0.3 is 0 Å². The molecule has 20 heavy (non-hydrogen) atoms. The fourth-order valence-corrected chi connectivity index (χ4v) is 2.39. The fraction of sp³-hybridized carbons (Fsp3) is 0.118. The molecule has 1 N–H and O–H groups in total. The number of pyridine rings is 1. The zero-order valence-electron chi connectivity index (χ0n) is 11.0. The SMILES string of the molecule is CC(O)(c1ccc2ncccc2c1)c1ccccc1F. The van der Waals surface area contributed by atoms with Crippen molar-refractivity contribution in [1.82, 2.24) is 4.98 Å². The molecule has 0 saturated heterocycles. The summed E-state index contributed by atoms with van der Waals surface area (Å²) in [6.45, 7) is 1.60. The van der Waals surface area contributed by atoms with Crippen LogP contribution in [-0.2, 0) is 5.60 Å². The maximum absolute atomic E-state index is 13.9. The molecule has 0 amide bonds. The Balaban J connectivity index is 2.16. The van der Waals surface area contributed by atoms with Crippen LogP contribution >= 0.6 is 0 Å². The molecule has 0 bridgehead atoms. The smallest absolute Gasteiger partial charge is 0.129 e. The van der Waals surface area contributed by atoms with Gasteiger partial charge in [-0.1, -0.05) is 30.3 Å². The van der Waals surface area contributed by atoms with E-state index in [9.17, 15) is 9.50 Å². The largest absolute Gasteiger partial charge is 0.381 e. The van der Waals surface area contributed by atoms with Gasteiger partial charge in [-0.2, -0.15) is 0 Å².